The van der Waals surface area contributed by atoms with Crippen LogP contribution in [0, 0.1) is 17.8 Å². The number of hydrogen-bond acceptors (Lipinski definition) is 2. The Morgan fingerprint density at radius 2 is 1.92 bits per heavy atom. The van der Waals surface area contributed by atoms with Gasteiger partial charge in [0.05, 0.1) is 0 Å². The normalized spacial score (nSPS) is 36.2. The maximum Gasteiger partial charge on any atom is 0.216 e. The third-order valence-corrected chi connectivity index (χ3v) is 3.60. The molecule has 0 radical (unpaired) electrons. The van der Waals surface area contributed by atoms with Crippen LogP contribution >= 0.6 is 0 Å². The standard InChI is InChI=1S/C10H15NO2/c12-6-11(7-13)5-10-4-8-1-2-9(10)3-8/h6-10H,1-5H2. The molecule has 0 aromatic rings. The summed E-state index contributed by atoms with van der Waals surface area (Å²) in [5.74, 6) is 2.26. The van der Waals surface area contributed by atoms with Gasteiger partial charge in [0, 0.05) is 6.54 Å². The number of fused-ring (bicyclic) bond motifs is 2. The van der Waals surface area contributed by atoms with Gasteiger partial charge in [-0.3, -0.25) is 14.5 Å². The van der Waals surface area contributed by atoms with Crippen molar-refractivity contribution in [2.24, 2.45) is 17.8 Å². The van der Waals surface area contributed by atoms with Crippen LogP contribution in [0.15, 0.2) is 0 Å². The SMILES string of the molecule is O=CN(C=O)CC1CC2CCC1C2. The third-order valence-electron chi connectivity index (χ3n) is 3.60. The van der Waals surface area contributed by atoms with Gasteiger partial charge in [-0.1, -0.05) is 6.42 Å². The van der Waals surface area contributed by atoms with Crippen LogP contribution in [0.5, 0.6) is 0 Å². The summed E-state index contributed by atoms with van der Waals surface area (Å²) in [4.78, 5) is 22.1. The van der Waals surface area contributed by atoms with E-state index < -0.39 is 0 Å². The van der Waals surface area contributed by atoms with Crippen molar-refractivity contribution < 1.29 is 9.59 Å². The second kappa shape index (κ2) is 3.48. The van der Waals surface area contributed by atoms with Crippen molar-refractivity contribution in [1.82, 2.24) is 4.90 Å². The molecular weight excluding hydrogens is 166 g/mol. The summed E-state index contributed by atoms with van der Waals surface area (Å²) in [5, 5.41) is 0. The van der Waals surface area contributed by atoms with E-state index in [1.807, 2.05) is 0 Å². The molecule has 2 aliphatic carbocycles. The van der Waals surface area contributed by atoms with E-state index in [9.17, 15) is 9.59 Å². The average molecular weight is 181 g/mol. The van der Waals surface area contributed by atoms with Gasteiger partial charge >= 0.3 is 0 Å². The Hall–Kier alpha value is -0.860. The minimum absolute atomic E-state index is 0.592. The highest BCUT2D eigenvalue weighted by atomic mass is 16.2. The number of imide groups is 1. The first kappa shape index (κ1) is 8.73. The van der Waals surface area contributed by atoms with E-state index in [1.165, 1.54) is 30.6 Å². The first-order valence-electron chi connectivity index (χ1n) is 5.00. The molecule has 2 saturated carbocycles. The summed E-state index contributed by atoms with van der Waals surface area (Å²) < 4.78 is 0. The van der Waals surface area contributed by atoms with E-state index in [0.29, 0.717) is 25.3 Å². The average Bonchev–Trinajstić information content (AvgIpc) is 2.75. The van der Waals surface area contributed by atoms with Crippen molar-refractivity contribution in [3.63, 3.8) is 0 Å². The van der Waals surface area contributed by atoms with Gasteiger partial charge in [0.2, 0.25) is 12.8 Å². The van der Waals surface area contributed by atoms with Crippen LogP contribution in [0.1, 0.15) is 25.7 Å². The van der Waals surface area contributed by atoms with E-state index >= 15 is 0 Å². The van der Waals surface area contributed by atoms with E-state index in [-0.39, 0.29) is 0 Å². The maximum atomic E-state index is 10.4. The summed E-state index contributed by atoms with van der Waals surface area (Å²) in [6, 6.07) is 0. The molecular formula is C10H15NO2. The summed E-state index contributed by atoms with van der Waals surface area (Å²) in [6.45, 7) is 0.647. The smallest absolute Gasteiger partial charge is 0.216 e. The van der Waals surface area contributed by atoms with E-state index in [0.717, 1.165) is 11.8 Å². The first-order valence-corrected chi connectivity index (χ1v) is 5.00. The number of nitrogens with zero attached hydrogens (tertiary/aromatic N) is 1. The van der Waals surface area contributed by atoms with E-state index in [1.54, 1.807) is 0 Å². The molecule has 2 fully saturated rings. The van der Waals surface area contributed by atoms with Gasteiger partial charge in [-0.15, -0.1) is 0 Å². The molecule has 13 heavy (non-hydrogen) atoms. The molecule has 0 aliphatic heterocycles. The van der Waals surface area contributed by atoms with Crippen LogP contribution in [-0.2, 0) is 9.59 Å². The molecule has 0 aromatic carbocycles. The molecule has 3 atom stereocenters. The molecule has 2 bridgehead atoms. The Balaban J connectivity index is 1.88. The molecule has 2 aliphatic rings. The fraction of sp³-hybridized carbons (Fsp3) is 0.800. The predicted molar refractivity (Wildman–Crippen MR) is 47.8 cm³/mol. The minimum Gasteiger partial charge on any atom is -0.288 e. The minimum atomic E-state index is 0.592. The second-order valence-electron chi connectivity index (χ2n) is 4.34. The Bertz CT molecular complexity index is 209. The zero-order valence-corrected chi connectivity index (χ0v) is 7.69. The lowest BCUT2D eigenvalue weighted by Crippen LogP contribution is -2.29. The zero-order valence-electron chi connectivity index (χ0n) is 7.69. The van der Waals surface area contributed by atoms with Crippen molar-refractivity contribution in [3.05, 3.63) is 0 Å². The number of rotatable bonds is 4. The lowest BCUT2D eigenvalue weighted by molar-refractivity contribution is -0.130. The predicted octanol–water partition coefficient (Wildman–Crippen LogP) is 1.04. The van der Waals surface area contributed by atoms with Crippen molar-refractivity contribution in [1.29, 1.82) is 0 Å². The number of carbonyl (C=O) groups excluding carboxylic acids is 2. The fourth-order valence-electron chi connectivity index (χ4n) is 2.98. The quantitative estimate of drug-likeness (QED) is 0.608. The first-order chi connectivity index (χ1) is 6.33. The molecule has 3 heteroatoms. The summed E-state index contributed by atoms with van der Waals surface area (Å²) in [5.41, 5.74) is 0. The van der Waals surface area contributed by atoms with E-state index in [4.69, 9.17) is 0 Å². The van der Waals surface area contributed by atoms with Crippen molar-refractivity contribution in [3.8, 4) is 0 Å². The van der Waals surface area contributed by atoms with Gasteiger partial charge in [-0.25, -0.2) is 0 Å². The lowest BCUT2D eigenvalue weighted by atomic mass is 9.88. The van der Waals surface area contributed by atoms with Gasteiger partial charge < -0.3 is 0 Å². The Kier molecular flexibility index (Phi) is 2.34. The lowest BCUT2D eigenvalue weighted by Gasteiger charge is -2.23. The van der Waals surface area contributed by atoms with Crippen molar-refractivity contribution in [2.45, 2.75) is 25.7 Å². The second-order valence-corrected chi connectivity index (χ2v) is 4.34. The Morgan fingerprint density at radius 1 is 1.15 bits per heavy atom. The van der Waals surface area contributed by atoms with Gasteiger partial charge in [0.1, 0.15) is 0 Å². The van der Waals surface area contributed by atoms with Gasteiger partial charge in [-0.05, 0) is 37.0 Å². The number of carbonyl (C=O) groups is 2. The number of amides is 2. The summed E-state index contributed by atoms with van der Waals surface area (Å²) in [6.07, 6.45) is 6.50. The van der Waals surface area contributed by atoms with Crippen molar-refractivity contribution in [2.75, 3.05) is 6.54 Å². The van der Waals surface area contributed by atoms with Gasteiger partial charge in [-0.2, -0.15) is 0 Å². The fourth-order valence-corrected chi connectivity index (χ4v) is 2.98. The molecule has 0 N–H and O–H groups in total. The molecule has 0 spiro atoms. The number of hydrogen-bond donors (Lipinski definition) is 0. The molecule has 72 valence electrons. The van der Waals surface area contributed by atoms with E-state index in [2.05, 4.69) is 0 Å². The largest absolute Gasteiger partial charge is 0.288 e. The molecule has 0 aromatic heterocycles. The summed E-state index contributed by atoms with van der Waals surface area (Å²) in [7, 11) is 0. The zero-order chi connectivity index (χ0) is 9.26. The molecule has 3 nitrogen and oxygen atoms in total. The highest BCUT2D eigenvalue weighted by Gasteiger charge is 2.39. The molecule has 2 amide bonds. The molecule has 3 unspecified atom stereocenters. The van der Waals surface area contributed by atoms with Gasteiger partial charge in [0.25, 0.3) is 0 Å². The third kappa shape index (κ3) is 1.60. The van der Waals surface area contributed by atoms with Gasteiger partial charge in [0.15, 0.2) is 0 Å². The summed E-state index contributed by atoms with van der Waals surface area (Å²) >= 11 is 0. The van der Waals surface area contributed by atoms with Crippen LogP contribution < -0.4 is 0 Å². The van der Waals surface area contributed by atoms with Crippen LogP contribution in [0.2, 0.25) is 0 Å². The van der Waals surface area contributed by atoms with Crippen LogP contribution in [-0.4, -0.2) is 24.3 Å². The molecule has 0 heterocycles. The highest BCUT2D eigenvalue weighted by molar-refractivity contribution is 5.68. The monoisotopic (exact) mass is 181 g/mol. The maximum absolute atomic E-state index is 10.4. The van der Waals surface area contributed by atoms with Crippen LogP contribution in [0.25, 0.3) is 0 Å². The van der Waals surface area contributed by atoms with Crippen LogP contribution in [0.3, 0.4) is 0 Å². The molecule has 0 saturated heterocycles. The highest BCUT2D eigenvalue weighted by Crippen LogP contribution is 2.48. The topological polar surface area (TPSA) is 37.4 Å². The Labute approximate surface area is 78.1 Å². The Morgan fingerprint density at radius 3 is 2.38 bits per heavy atom. The van der Waals surface area contributed by atoms with Crippen molar-refractivity contribution >= 4 is 12.8 Å². The molecule has 2 rings (SSSR count). The van der Waals surface area contributed by atoms with Crippen LogP contribution in [0.4, 0.5) is 0 Å².